The van der Waals surface area contributed by atoms with E-state index < -0.39 is 6.10 Å². The number of aliphatic hydroxyl groups is 2. The molecule has 3 heterocycles. The number of rotatable bonds is 8. The van der Waals surface area contributed by atoms with Crippen LogP contribution in [0.5, 0.6) is 0 Å². The third kappa shape index (κ3) is 5.41. The van der Waals surface area contributed by atoms with E-state index in [1.165, 1.54) is 18.2 Å². The standard InChI is InChI=1S/C28H30F2N4O2/c29-20-3-1-2-18(12-20)15-32-21-4-5-26(30)24(13-21)23-6-9-31-28-25(23)14-27(33-28)19-7-10-34(11-8-19)16-22(36)17-35/h1-6,9,12-14,19,22,32,35-36H,7-8,10-11,15-17H2,(H,31,33). The van der Waals surface area contributed by atoms with Crippen LogP contribution in [0.1, 0.15) is 30.0 Å². The van der Waals surface area contributed by atoms with Gasteiger partial charge in [0.15, 0.2) is 0 Å². The number of fused-ring (bicyclic) bond motifs is 1. The fraction of sp³-hybridized carbons (Fsp3) is 0.321. The number of anilines is 1. The minimum atomic E-state index is -0.713. The van der Waals surface area contributed by atoms with Crippen molar-refractivity contribution >= 4 is 16.7 Å². The SMILES string of the molecule is OCC(O)CN1CCC(c2cc3c(-c4cc(NCc5cccc(F)c5)ccc4F)ccnc3[nH]2)CC1. The minimum Gasteiger partial charge on any atom is -0.394 e. The average Bonchev–Trinajstić information content (AvgIpc) is 3.33. The zero-order chi connectivity index (χ0) is 25.1. The van der Waals surface area contributed by atoms with E-state index in [1.54, 1.807) is 24.4 Å². The Labute approximate surface area is 208 Å². The molecule has 1 fully saturated rings. The highest BCUT2D eigenvalue weighted by atomic mass is 19.1. The van der Waals surface area contributed by atoms with E-state index >= 15 is 0 Å². The van der Waals surface area contributed by atoms with E-state index in [0.29, 0.717) is 24.6 Å². The molecule has 5 rings (SSSR count). The molecule has 1 aliphatic rings. The number of nitrogens with one attached hydrogen (secondary N) is 2. The quantitative estimate of drug-likeness (QED) is 0.288. The largest absolute Gasteiger partial charge is 0.394 e. The summed E-state index contributed by atoms with van der Waals surface area (Å²) < 4.78 is 28.5. The number of halogens is 2. The van der Waals surface area contributed by atoms with Crippen molar-refractivity contribution in [1.82, 2.24) is 14.9 Å². The van der Waals surface area contributed by atoms with Crippen LogP contribution in [0.4, 0.5) is 14.5 Å². The summed E-state index contributed by atoms with van der Waals surface area (Å²) >= 11 is 0. The number of aromatic nitrogens is 2. The topological polar surface area (TPSA) is 84.4 Å². The van der Waals surface area contributed by atoms with Crippen molar-refractivity contribution in [2.45, 2.75) is 31.4 Å². The molecule has 6 nitrogen and oxygen atoms in total. The van der Waals surface area contributed by atoms with Crippen LogP contribution >= 0.6 is 0 Å². The Hall–Kier alpha value is -3.33. The number of H-pyrrole nitrogens is 1. The van der Waals surface area contributed by atoms with E-state index in [4.69, 9.17) is 5.11 Å². The lowest BCUT2D eigenvalue weighted by atomic mass is 9.93. The normalized spacial score (nSPS) is 15.9. The second-order valence-corrected chi connectivity index (χ2v) is 9.43. The van der Waals surface area contributed by atoms with E-state index in [2.05, 4.69) is 26.3 Å². The molecule has 0 aliphatic carbocycles. The molecule has 1 atom stereocenters. The lowest BCUT2D eigenvalue weighted by Crippen LogP contribution is -2.39. The van der Waals surface area contributed by atoms with Gasteiger partial charge in [0.1, 0.15) is 17.3 Å². The molecule has 4 N–H and O–H groups in total. The molecule has 0 saturated carbocycles. The van der Waals surface area contributed by atoms with Gasteiger partial charge in [-0.2, -0.15) is 0 Å². The van der Waals surface area contributed by atoms with Crippen LogP contribution < -0.4 is 5.32 Å². The highest BCUT2D eigenvalue weighted by Crippen LogP contribution is 2.35. The third-order valence-electron chi connectivity index (χ3n) is 6.90. The fourth-order valence-electron chi connectivity index (χ4n) is 4.98. The van der Waals surface area contributed by atoms with Gasteiger partial charge in [-0.15, -0.1) is 0 Å². The lowest BCUT2D eigenvalue weighted by molar-refractivity contribution is 0.0512. The van der Waals surface area contributed by atoms with Gasteiger partial charge in [0.25, 0.3) is 0 Å². The van der Waals surface area contributed by atoms with Crippen LogP contribution in [0.25, 0.3) is 22.2 Å². The van der Waals surface area contributed by atoms with E-state index in [1.807, 2.05) is 12.1 Å². The third-order valence-corrected chi connectivity index (χ3v) is 6.90. The summed E-state index contributed by atoms with van der Waals surface area (Å²) in [6.45, 7) is 2.35. The van der Waals surface area contributed by atoms with Crippen LogP contribution in [-0.4, -0.2) is 57.4 Å². The van der Waals surface area contributed by atoms with Crippen molar-refractivity contribution in [3.8, 4) is 11.1 Å². The maximum Gasteiger partial charge on any atom is 0.138 e. The molecule has 1 saturated heterocycles. The second kappa shape index (κ2) is 10.7. The first-order chi connectivity index (χ1) is 17.5. The summed E-state index contributed by atoms with van der Waals surface area (Å²) in [5.74, 6) is -0.291. The first-order valence-electron chi connectivity index (χ1n) is 12.3. The molecule has 1 aliphatic heterocycles. The van der Waals surface area contributed by atoms with Crippen molar-refractivity contribution in [2.75, 3.05) is 31.6 Å². The predicted octanol–water partition coefficient (Wildman–Crippen LogP) is 4.65. The molecule has 8 heteroatoms. The summed E-state index contributed by atoms with van der Waals surface area (Å²) in [6, 6.07) is 15.2. The summed E-state index contributed by atoms with van der Waals surface area (Å²) in [5, 5.41) is 22.9. The van der Waals surface area contributed by atoms with Gasteiger partial charge in [-0.3, -0.25) is 0 Å². The molecule has 4 aromatic rings. The van der Waals surface area contributed by atoms with Crippen molar-refractivity contribution < 1.29 is 19.0 Å². The number of nitrogens with zero attached hydrogens (tertiary/aromatic N) is 2. The Balaban J connectivity index is 1.36. The summed E-state index contributed by atoms with van der Waals surface area (Å²) in [4.78, 5) is 10.1. The van der Waals surface area contributed by atoms with Crippen LogP contribution in [0, 0.1) is 11.6 Å². The Morgan fingerprint density at radius 3 is 2.67 bits per heavy atom. The molecule has 188 valence electrons. The zero-order valence-corrected chi connectivity index (χ0v) is 19.9. The number of piperidine rings is 1. The smallest absolute Gasteiger partial charge is 0.138 e. The number of aliphatic hydroxyl groups excluding tert-OH is 2. The average molecular weight is 493 g/mol. The molecular formula is C28H30F2N4O2. The van der Waals surface area contributed by atoms with Crippen LogP contribution in [-0.2, 0) is 6.54 Å². The maximum atomic E-state index is 15.0. The van der Waals surface area contributed by atoms with Gasteiger partial charge in [-0.05, 0) is 79.5 Å². The lowest BCUT2D eigenvalue weighted by Gasteiger charge is -2.32. The molecule has 0 bridgehead atoms. The monoisotopic (exact) mass is 492 g/mol. The van der Waals surface area contributed by atoms with Crippen molar-refractivity contribution in [1.29, 1.82) is 0 Å². The van der Waals surface area contributed by atoms with E-state index in [9.17, 15) is 13.9 Å². The Morgan fingerprint density at radius 1 is 1.06 bits per heavy atom. The van der Waals surface area contributed by atoms with Gasteiger partial charge >= 0.3 is 0 Å². The molecule has 36 heavy (non-hydrogen) atoms. The Kier molecular flexibility index (Phi) is 7.27. The zero-order valence-electron chi connectivity index (χ0n) is 19.9. The molecule has 2 aromatic heterocycles. The Bertz CT molecular complexity index is 1330. The van der Waals surface area contributed by atoms with Crippen molar-refractivity contribution in [3.05, 3.63) is 83.7 Å². The maximum absolute atomic E-state index is 15.0. The molecule has 1 unspecified atom stereocenters. The Morgan fingerprint density at radius 2 is 1.89 bits per heavy atom. The van der Waals surface area contributed by atoms with Gasteiger partial charge in [-0.1, -0.05) is 12.1 Å². The second-order valence-electron chi connectivity index (χ2n) is 9.43. The van der Waals surface area contributed by atoms with Crippen LogP contribution in [0.2, 0.25) is 0 Å². The number of β-amino-alcohol motifs (C(OH)–C–C–N with tert-alkyl or cyclic N) is 1. The van der Waals surface area contributed by atoms with Gasteiger partial charge in [0.05, 0.1) is 12.7 Å². The van der Waals surface area contributed by atoms with Gasteiger partial charge in [-0.25, -0.2) is 13.8 Å². The molecule has 2 aromatic carbocycles. The molecule has 0 spiro atoms. The summed E-state index contributed by atoms with van der Waals surface area (Å²) in [5.41, 5.74) is 4.59. The molecular weight excluding hydrogens is 462 g/mol. The van der Waals surface area contributed by atoms with Crippen molar-refractivity contribution in [2.24, 2.45) is 0 Å². The number of likely N-dealkylation sites (tertiary alicyclic amines) is 1. The number of benzene rings is 2. The fourth-order valence-corrected chi connectivity index (χ4v) is 4.98. The first-order valence-corrected chi connectivity index (χ1v) is 12.3. The predicted molar refractivity (Wildman–Crippen MR) is 137 cm³/mol. The van der Waals surface area contributed by atoms with Crippen molar-refractivity contribution in [3.63, 3.8) is 0 Å². The minimum absolute atomic E-state index is 0.228. The summed E-state index contributed by atoms with van der Waals surface area (Å²) in [6.07, 6.45) is 2.82. The molecule has 0 radical (unpaired) electrons. The number of hydrogen-bond acceptors (Lipinski definition) is 5. The van der Waals surface area contributed by atoms with Gasteiger partial charge in [0.2, 0.25) is 0 Å². The summed E-state index contributed by atoms with van der Waals surface area (Å²) in [7, 11) is 0. The highest BCUT2D eigenvalue weighted by molar-refractivity contribution is 5.94. The van der Waals surface area contributed by atoms with E-state index in [0.717, 1.165) is 59.5 Å². The number of aromatic amines is 1. The van der Waals surface area contributed by atoms with Crippen LogP contribution in [0.15, 0.2) is 60.8 Å². The number of hydrogen-bond donors (Lipinski definition) is 4. The molecule has 0 amide bonds. The van der Waals surface area contributed by atoms with Gasteiger partial charge < -0.3 is 25.4 Å². The van der Waals surface area contributed by atoms with Gasteiger partial charge in [0, 0.05) is 47.5 Å². The number of pyridine rings is 1. The van der Waals surface area contributed by atoms with E-state index in [-0.39, 0.29) is 18.2 Å². The first kappa shape index (κ1) is 24.4. The highest BCUT2D eigenvalue weighted by Gasteiger charge is 2.24. The van der Waals surface area contributed by atoms with Crippen LogP contribution in [0.3, 0.4) is 0 Å².